The first kappa shape index (κ1) is 21.3. The molecule has 3 aromatic rings. The first-order chi connectivity index (χ1) is 15.0. The molecule has 4 rings (SSSR count). The van der Waals surface area contributed by atoms with Crippen LogP contribution in [0.5, 0.6) is 0 Å². The Morgan fingerprint density at radius 3 is 2.55 bits per heavy atom. The molecule has 1 saturated carbocycles. The summed E-state index contributed by atoms with van der Waals surface area (Å²) >= 11 is 0. The van der Waals surface area contributed by atoms with E-state index in [2.05, 4.69) is 45.5 Å². The Bertz CT molecular complexity index is 1110. The van der Waals surface area contributed by atoms with Crippen LogP contribution in [-0.4, -0.2) is 40.1 Å². The second-order valence-electron chi connectivity index (χ2n) is 8.52. The number of pyridine rings is 1. The Kier molecular flexibility index (Phi) is 6.49. The van der Waals surface area contributed by atoms with Crippen molar-refractivity contribution in [3.63, 3.8) is 0 Å². The lowest BCUT2D eigenvalue weighted by Gasteiger charge is -2.26. The topological polar surface area (TPSA) is 85.4 Å². The van der Waals surface area contributed by atoms with Crippen LogP contribution < -0.4 is 10.9 Å². The molecule has 6 nitrogen and oxygen atoms in total. The van der Waals surface area contributed by atoms with Crippen molar-refractivity contribution in [3.8, 4) is 0 Å². The molecule has 0 bridgehead atoms. The number of amides is 1. The van der Waals surface area contributed by atoms with E-state index < -0.39 is 0 Å². The number of aliphatic hydroxyl groups excluding tert-OH is 1. The average Bonchev–Trinajstić information content (AvgIpc) is 2.75. The summed E-state index contributed by atoms with van der Waals surface area (Å²) in [5, 5.41) is 15.0. The van der Waals surface area contributed by atoms with Crippen molar-refractivity contribution in [2.24, 2.45) is 0 Å². The fourth-order valence-electron chi connectivity index (χ4n) is 4.34. The first-order valence-corrected chi connectivity index (χ1v) is 10.9. The van der Waals surface area contributed by atoms with Crippen molar-refractivity contribution in [2.75, 3.05) is 7.05 Å². The molecule has 1 heterocycles. The fraction of sp³-hybridized carbons (Fsp3) is 0.360. The molecule has 6 heteroatoms. The predicted molar refractivity (Wildman–Crippen MR) is 122 cm³/mol. The Balaban J connectivity index is 1.39. The number of nitrogens with one attached hydrogen (secondary N) is 2. The Hall–Kier alpha value is -2.96. The van der Waals surface area contributed by atoms with E-state index in [1.165, 1.54) is 16.3 Å². The minimum atomic E-state index is -0.371. The zero-order chi connectivity index (χ0) is 21.8. The van der Waals surface area contributed by atoms with Gasteiger partial charge in [0.05, 0.1) is 6.10 Å². The van der Waals surface area contributed by atoms with Crippen LogP contribution in [-0.2, 0) is 13.1 Å². The van der Waals surface area contributed by atoms with Crippen molar-refractivity contribution in [2.45, 2.75) is 50.9 Å². The van der Waals surface area contributed by atoms with E-state index in [1.807, 2.05) is 19.2 Å². The van der Waals surface area contributed by atoms with Crippen molar-refractivity contribution < 1.29 is 9.90 Å². The third kappa shape index (κ3) is 5.21. The number of aromatic amines is 1. The van der Waals surface area contributed by atoms with Crippen LogP contribution in [0.3, 0.4) is 0 Å². The summed E-state index contributed by atoms with van der Waals surface area (Å²) in [5.41, 5.74) is 1.76. The lowest BCUT2D eigenvalue weighted by Crippen LogP contribution is -2.40. The monoisotopic (exact) mass is 419 g/mol. The van der Waals surface area contributed by atoms with E-state index in [0.29, 0.717) is 19.4 Å². The van der Waals surface area contributed by atoms with Crippen LogP contribution in [0.2, 0.25) is 0 Å². The van der Waals surface area contributed by atoms with Gasteiger partial charge in [0.2, 0.25) is 0 Å². The molecule has 31 heavy (non-hydrogen) atoms. The zero-order valence-electron chi connectivity index (χ0n) is 17.8. The quantitative estimate of drug-likeness (QED) is 0.573. The van der Waals surface area contributed by atoms with Crippen molar-refractivity contribution in [3.05, 3.63) is 81.8 Å². The van der Waals surface area contributed by atoms with Gasteiger partial charge in [-0.25, -0.2) is 0 Å². The molecule has 0 radical (unpaired) electrons. The third-order valence-electron chi connectivity index (χ3n) is 6.01. The number of hydrogen-bond donors (Lipinski definition) is 3. The van der Waals surface area contributed by atoms with Gasteiger partial charge in [-0.1, -0.05) is 42.5 Å². The summed E-state index contributed by atoms with van der Waals surface area (Å²) in [7, 11) is 2.01. The van der Waals surface area contributed by atoms with Gasteiger partial charge in [-0.2, -0.15) is 0 Å². The molecule has 0 aliphatic heterocycles. The van der Waals surface area contributed by atoms with Crippen molar-refractivity contribution in [1.82, 2.24) is 15.2 Å². The number of rotatable bonds is 6. The van der Waals surface area contributed by atoms with Gasteiger partial charge >= 0.3 is 0 Å². The molecule has 162 valence electrons. The highest BCUT2D eigenvalue weighted by Crippen LogP contribution is 2.20. The Labute approximate surface area is 181 Å². The average molecular weight is 420 g/mol. The smallest absolute Gasteiger partial charge is 0.261 e. The van der Waals surface area contributed by atoms with Crippen LogP contribution in [0, 0.1) is 0 Å². The van der Waals surface area contributed by atoms with Gasteiger partial charge in [0.1, 0.15) is 5.56 Å². The lowest BCUT2D eigenvalue weighted by molar-refractivity contribution is 0.0866. The summed E-state index contributed by atoms with van der Waals surface area (Å²) in [6.07, 6.45) is 2.57. The van der Waals surface area contributed by atoms with Crippen LogP contribution in [0.4, 0.5) is 0 Å². The van der Waals surface area contributed by atoms with E-state index >= 15 is 0 Å². The highest BCUT2D eigenvalue weighted by Gasteiger charge is 2.22. The summed E-state index contributed by atoms with van der Waals surface area (Å²) in [4.78, 5) is 30.0. The van der Waals surface area contributed by atoms with E-state index in [-0.39, 0.29) is 29.2 Å². The number of fused-ring (bicyclic) bond motifs is 1. The number of aliphatic hydroxyl groups is 1. The molecule has 1 amide bonds. The number of carbonyl (C=O) groups is 1. The van der Waals surface area contributed by atoms with Gasteiger partial charge in [-0.3, -0.25) is 14.5 Å². The van der Waals surface area contributed by atoms with E-state index in [0.717, 1.165) is 25.1 Å². The fourth-order valence-corrected chi connectivity index (χ4v) is 4.34. The second-order valence-corrected chi connectivity index (χ2v) is 8.52. The molecular formula is C25H29N3O3. The third-order valence-corrected chi connectivity index (χ3v) is 6.01. The summed E-state index contributed by atoms with van der Waals surface area (Å²) < 4.78 is 0. The lowest BCUT2D eigenvalue weighted by atomic mass is 9.93. The predicted octanol–water partition coefficient (Wildman–Crippen LogP) is 3.19. The molecule has 0 saturated heterocycles. The molecule has 1 fully saturated rings. The molecule has 2 aromatic carbocycles. The van der Waals surface area contributed by atoms with Gasteiger partial charge < -0.3 is 15.4 Å². The van der Waals surface area contributed by atoms with E-state index in [4.69, 9.17) is 0 Å². The van der Waals surface area contributed by atoms with Crippen LogP contribution in [0.1, 0.15) is 47.3 Å². The largest absolute Gasteiger partial charge is 0.393 e. The van der Waals surface area contributed by atoms with Gasteiger partial charge in [0, 0.05) is 24.8 Å². The SMILES string of the molecule is CN(Cc1ccc(C(=O)NC2CCC(O)CC2)c(=O)[nH]1)Cc1cccc2ccccc12. The summed E-state index contributed by atoms with van der Waals surface area (Å²) in [6, 6.07) is 18.0. The Morgan fingerprint density at radius 1 is 1.03 bits per heavy atom. The van der Waals surface area contributed by atoms with Crippen LogP contribution in [0.15, 0.2) is 59.4 Å². The second kappa shape index (κ2) is 9.45. The molecule has 1 aliphatic rings. The number of nitrogens with zero attached hydrogens (tertiary/aromatic N) is 1. The highest BCUT2D eigenvalue weighted by molar-refractivity contribution is 5.94. The molecule has 0 unspecified atom stereocenters. The van der Waals surface area contributed by atoms with Gasteiger partial charge in [0.25, 0.3) is 11.5 Å². The molecule has 1 aromatic heterocycles. The maximum atomic E-state index is 12.5. The number of aromatic nitrogens is 1. The van der Waals surface area contributed by atoms with E-state index in [9.17, 15) is 14.7 Å². The highest BCUT2D eigenvalue weighted by atomic mass is 16.3. The molecule has 1 aliphatic carbocycles. The molecule has 0 atom stereocenters. The molecule has 0 spiro atoms. The minimum Gasteiger partial charge on any atom is -0.393 e. The maximum absolute atomic E-state index is 12.5. The normalized spacial score (nSPS) is 18.9. The Morgan fingerprint density at radius 2 is 1.77 bits per heavy atom. The van der Waals surface area contributed by atoms with Crippen LogP contribution in [0.25, 0.3) is 10.8 Å². The minimum absolute atomic E-state index is 0.0156. The summed E-state index contributed by atoms with van der Waals surface area (Å²) in [5.74, 6) is -0.349. The summed E-state index contributed by atoms with van der Waals surface area (Å²) in [6.45, 7) is 1.32. The van der Waals surface area contributed by atoms with Crippen molar-refractivity contribution >= 4 is 16.7 Å². The van der Waals surface area contributed by atoms with Crippen molar-refractivity contribution in [1.29, 1.82) is 0 Å². The number of benzene rings is 2. The number of carbonyl (C=O) groups excluding carboxylic acids is 1. The number of hydrogen-bond acceptors (Lipinski definition) is 4. The van der Waals surface area contributed by atoms with Gasteiger partial charge in [-0.05, 0) is 61.2 Å². The molecule has 3 N–H and O–H groups in total. The van der Waals surface area contributed by atoms with Gasteiger partial charge in [0.15, 0.2) is 0 Å². The molecular weight excluding hydrogens is 390 g/mol. The van der Waals surface area contributed by atoms with E-state index in [1.54, 1.807) is 12.1 Å². The van der Waals surface area contributed by atoms with Gasteiger partial charge in [-0.15, -0.1) is 0 Å². The first-order valence-electron chi connectivity index (χ1n) is 10.9. The maximum Gasteiger partial charge on any atom is 0.261 e. The zero-order valence-corrected chi connectivity index (χ0v) is 17.8. The van der Waals surface area contributed by atoms with Crippen LogP contribution >= 0.6 is 0 Å². The standard InChI is InChI=1S/C25H29N3O3/c1-28(15-18-7-4-6-17-5-2-3-8-22(17)18)16-20-11-14-23(25(31)27-20)24(30)26-19-9-12-21(29)13-10-19/h2-8,11,14,19,21,29H,9-10,12-13,15-16H2,1H3,(H,26,30)(H,27,31). The number of H-pyrrole nitrogens is 1.